The van der Waals surface area contributed by atoms with Crippen LogP contribution in [0.4, 0.5) is 5.82 Å². The van der Waals surface area contributed by atoms with Crippen LogP contribution in [0.5, 0.6) is 0 Å². The van der Waals surface area contributed by atoms with Crippen LogP contribution in [0.2, 0.25) is 0 Å². The Morgan fingerprint density at radius 3 is 2.12 bits per heavy atom. The molecule has 0 amide bonds. The predicted octanol–water partition coefficient (Wildman–Crippen LogP) is 2.18. The van der Waals surface area contributed by atoms with Crippen LogP contribution in [0.25, 0.3) is 0 Å². The molecule has 0 saturated carbocycles. The summed E-state index contributed by atoms with van der Waals surface area (Å²) in [5.74, 6) is 0.821. The number of rotatable bonds is 4. The standard InChI is InChI=1S/C13H24N4/c1-12(2,3)10-7-8-11(17-16-10)15-9-13(4,5)14-6/h7-8,14H,9H2,1-6H3,(H,15,17). The molecule has 0 aliphatic heterocycles. The molecular formula is C13H24N4. The molecule has 1 aromatic heterocycles. The third kappa shape index (κ3) is 4.30. The predicted molar refractivity (Wildman–Crippen MR) is 72.4 cm³/mol. The van der Waals surface area contributed by atoms with Gasteiger partial charge in [0.05, 0.1) is 5.69 Å². The molecule has 0 aliphatic carbocycles. The van der Waals surface area contributed by atoms with Crippen molar-refractivity contribution in [3.05, 3.63) is 17.8 Å². The van der Waals surface area contributed by atoms with Crippen molar-refractivity contribution in [1.29, 1.82) is 0 Å². The largest absolute Gasteiger partial charge is 0.367 e. The molecule has 0 aromatic carbocycles. The smallest absolute Gasteiger partial charge is 0.148 e. The summed E-state index contributed by atoms with van der Waals surface area (Å²) in [4.78, 5) is 0. The highest BCUT2D eigenvalue weighted by Crippen LogP contribution is 2.19. The van der Waals surface area contributed by atoms with Crippen molar-refractivity contribution >= 4 is 5.82 Å². The topological polar surface area (TPSA) is 49.8 Å². The third-order valence-corrected chi connectivity index (χ3v) is 2.82. The highest BCUT2D eigenvalue weighted by Gasteiger charge is 2.17. The number of hydrogen-bond donors (Lipinski definition) is 2. The van der Waals surface area contributed by atoms with Gasteiger partial charge in [0, 0.05) is 17.5 Å². The quantitative estimate of drug-likeness (QED) is 0.841. The first-order valence-corrected chi connectivity index (χ1v) is 6.02. The van der Waals surface area contributed by atoms with Gasteiger partial charge in [-0.25, -0.2) is 0 Å². The van der Waals surface area contributed by atoms with Gasteiger partial charge >= 0.3 is 0 Å². The van der Waals surface area contributed by atoms with Gasteiger partial charge in [-0.15, -0.1) is 5.10 Å². The number of nitrogens with one attached hydrogen (secondary N) is 2. The minimum absolute atomic E-state index is 0.0460. The number of likely N-dealkylation sites (N-methyl/N-ethyl adjacent to an activating group) is 1. The summed E-state index contributed by atoms with van der Waals surface area (Å²) in [6.07, 6.45) is 0. The highest BCUT2D eigenvalue weighted by molar-refractivity contribution is 5.34. The number of aromatic nitrogens is 2. The highest BCUT2D eigenvalue weighted by atomic mass is 15.2. The fourth-order valence-corrected chi connectivity index (χ4v) is 1.23. The van der Waals surface area contributed by atoms with E-state index in [1.807, 2.05) is 19.2 Å². The Kier molecular flexibility index (Phi) is 4.09. The second-order valence-corrected chi connectivity index (χ2v) is 6.04. The molecule has 0 unspecified atom stereocenters. The zero-order valence-electron chi connectivity index (χ0n) is 11.8. The molecular weight excluding hydrogens is 212 g/mol. The van der Waals surface area contributed by atoms with Crippen molar-refractivity contribution in [3.8, 4) is 0 Å². The van der Waals surface area contributed by atoms with E-state index < -0.39 is 0 Å². The molecule has 1 heterocycles. The van der Waals surface area contributed by atoms with Crippen LogP contribution in [0.1, 0.15) is 40.3 Å². The maximum absolute atomic E-state index is 4.24. The van der Waals surface area contributed by atoms with Crippen LogP contribution in [0.15, 0.2) is 12.1 Å². The van der Waals surface area contributed by atoms with Crippen LogP contribution in [-0.4, -0.2) is 29.3 Å². The first-order chi connectivity index (χ1) is 7.74. The lowest BCUT2D eigenvalue weighted by atomic mass is 9.92. The van der Waals surface area contributed by atoms with E-state index in [2.05, 4.69) is 55.4 Å². The first kappa shape index (κ1) is 13.9. The Hall–Kier alpha value is -1.16. The molecule has 2 N–H and O–H groups in total. The fraction of sp³-hybridized carbons (Fsp3) is 0.692. The van der Waals surface area contributed by atoms with E-state index in [0.29, 0.717) is 0 Å². The van der Waals surface area contributed by atoms with Crippen LogP contribution in [0.3, 0.4) is 0 Å². The van der Waals surface area contributed by atoms with Crippen molar-refractivity contribution < 1.29 is 0 Å². The Balaban J connectivity index is 2.64. The van der Waals surface area contributed by atoms with Crippen LogP contribution in [0, 0.1) is 0 Å². The Bertz CT molecular complexity index is 349. The normalized spacial score (nSPS) is 12.6. The van der Waals surface area contributed by atoms with Gasteiger partial charge in [-0.05, 0) is 33.0 Å². The molecule has 1 rings (SSSR count). The van der Waals surface area contributed by atoms with Crippen molar-refractivity contribution in [2.75, 3.05) is 18.9 Å². The van der Waals surface area contributed by atoms with Crippen LogP contribution < -0.4 is 10.6 Å². The van der Waals surface area contributed by atoms with Gasteiger partial charge < -0.3 is 10.6 Å². The number of nitrogens with zero attached hydrogens (tertiary/aromatic N) is 2. The van der Waals surface area contributed by atoms with E-state index in [4.69, 9.17) is 0 Å². The molecule has 0 atom stereocenters. The summed E-state index contributed by atoms with van der Waals surface area (Å²) in [5.41, 5.74) is 1.11. The summed E-state index contributed by atoms with van der Waals surface area (Å²) < 4.78 is 0. The van der Waals surface area contributed by atoms with Crippen LogP contribution in [-0.2, 0) is 5.41 Å². The van der Waals surface area contributed by atoms with Gasteiger partial charge in [-0.2, -0.15) is 5.10 Å². The molecule has 1 aromatic rings. The lowest BCUT2D eigenvalue weighted by Crippen LogP contribution is -2.42. The van der Waals surface area contributed by atoms with Crippen molar-refractivity contribution in [2.45, 2.75) is 45.6 Å². The molecule has 4 heteroatoms. The summed E-state index contributed by atoms with van der Waals surface area (Å²) in [7, 11) is 1.95. The average Bonchev–Trinajstić information content (AvgIpc) is 2.26. The molecule has 17 heavy (non-hydrogen) atoms. The number of anilines is 1. The maximum Gasteiger partial charge on any atom is 0.148 e. The maximum atomic E-state index is 4.24. The summed E-state index contributed by atoms with van der Waals surface area (Å²) >= 11 is 0. The first-order valence-electron chi connectivity index (χ1n) is 6.02. The van der Waals surface area contributed by atoms with E-state index in [1.165, 1.54) is 0 Å². The average molecular weight is 236 g/mol. The van der Waals surface area contributed by atoms with Crippen molar-refractivity contribution in [3.63, 3.8) is 0 Å². The van der Waals surface area contributed by atoms with Gasteiger partial charge in [0.15, 0.2) is 0 Å². The zero-order chi connectivity index (χ0) is 13.1. The molecule has 96 valence electrons. The van der Waals surface area contributed by atoms with Gasteiger partial charge in [0.1, 0.15) is 5.82 Å². The van der Waals surface area contributed by atoms with Gasteiger partial charge in [0.2, 0.25) is 0 Å². The van der Waals surface area contributed by atoms with Crippen molar-refractivity contribution in [1.82, 2.24) is 15.5 Å². The fourth-order valence-electron chi connectivity index (χ4n) is 1.23. The van der Waals surface area contributed by atoms with Crippen molar-refractivity contribution in [2.24, 2.45) is 0 Å². The minimum atomic E-state index is 0.0460. The third-order valence-electron chi connectivity index (χ3n) is 2.82. The molecule has 0 fully saturated rings. The lowest BCUT2D eigenvalue weighted by molar-refractivity contribution is 0.447. The molecule has 0 spiro atoms. The Labute approximate surface area is 104 Å². The molecule has 0 saturated heterocycles. The van der Waals surface area contributed by atoms with E-state index in [9.17, 15) is 0 Å². The molecule has 4 nitrogen and oxygen atoms in total. The summed E-state index contributed by atoms with van der Waals surface area (Å²) in [6, 6.07) is 4.01. The van der Waals surface area contributed by atoms with Gasteiger partial charge in [-0.1, -0.05) is 20.8 Å². The second-order valence-electron chi connectivity index (χ2n) is 6.04. The SMILES string of the molecule is CNC(C)(C)CNc1ccc(C(C)(C)C)nn1. The van der Waals surface area contributed by atoms with E-state index >= 15 is 0 Å². The number of hydrogen-bond acceptors (Lipinski definition) is 4. The van der Waals surface area contributed by atoms with E-state index in [1.54, 1.807) is 0 Å². The van der Waals surface area contributed by atoms with Gasteiger partial charge in [0.25, 0.3) is 0 Å². The molecule has 0 aliphatic rings. The lowest BCUT2D eigenvalue weighted by Gasteiger charge is -2.24. The Morgan fingerprint density at radius 2 is 1.71 bits per heavy atom. The molecule has 0 bridgehead atoms. The van der Waals surface area contributed by atoms with E-state index in [0.717, 1.165) is 18.1 Å². The van der Waals surface area contributed by atoms with Gasteiger partial charge in [-0.3, -0.25) is 0 Å². The zero-order valence-corrected chi connectivity index (χ0v) is 11.8. The summed E-state index contributed by atoms with van der Waals surface area (Å²) in [5, 5.41) is 15.0. The Morgan fingerprint density at radius 1 is 1.06 bits per heavy atom. The second kappa shape index (κ2) is 5.00. The van der Waals surface area contributed by atoms with Crippen LogP contribution >= 0.6 is 0 Å². The molecule has 0 radical (unpaired) electrons. The minimum Gasteiger partial charge on any atom is -0.367 e. The monoisotopic (exact) mass is 236 g/mol. The van der Waals surface area contributed by atoms with E-state index in [-0.39, 0.29) is 11.0 Å². The summed E-state index contributed by atoms with van der Waals surface area (Å²) in [6.45, 7) is 11.5.